The molecule has 2 fully saturated rings. The van der Waals surface area contributed by atoms with Crippen LogP contribution >= 0.6 is 0 Å². The van der Waals surface area contributed by atoms with Crippen molar-refractivity contribution < 1.29 is 9.53 Å². The highest BCUT2D eigenvalue weighted by Gasteiger charge is 2.23. The van der Waals surface area contributed by atoms with Crippen molar-refractivity contribution in [1.82, 2.24) is 9.80 Å². The summed E-state index contributed by atoms with van der Waals surface area (Å²) in [6, 6.07) is 22.6. The zero-order valence-electron chi connectivity index (χ0n) is 22.8. The molecule has 2 aliphatic rings. The first-order valence-electron chi connectivity index (χ1n) is 13.6. The summed E-state index contributed by atoms with van der Waals surface area (Å²) in [5.74, 6) is 0.896. The fraction of sp³-hybridized carbons (Fsp3) is 0.387. The third kappa shape index (κ3) is 6.05. The summed E-state index contributed by atoms with van der Waals surface area (Å²) >= 11 is 0. The Kier molecular flexibility index (Phi) is 8.03. The van der Waals surface area contributed by atoms with Crippen molar-refractivity contribution in [2.45, 2.75) is 20.5 Å². The van der Waals surface area contributed by atoms with Gasteiger partial charge in [-0.2, -0.15) is 0 Å². The van der Waals surface area contributed by atoms with Gasteiger partial charge in [-0.1, -0.05) is 36.4 Å². The molecule has 0 saturated carbocycles. The summed E-state index contributed by atoms with van der Waals surface area (Å²) in [6.07, 6.45) is 0. The van der Waals surface area contributed by atoms with Crippen LogP contribution in [0.15, 0.2) is 66.7 Å². The first-order chi connectivity index (χ1) is 18.5. The number of nitrogens with one attached hydrogen (secondary N) is 1. The van der Waals surface area contributed by atoms with Crippen molar-refractivity contribution in [2.24, 2.45) is 0 Å². The van der Waals surface area contributed by atoms with Crippen molar-refractivity contribution in [3.05, 3.63) is 83.4 Å². The lowest BCUT2D eigenvalue weighted by atomic mass is 10.1. The largest absolute Gasteiger partial charge is 0.487 e. The molecule has 38 heavy (non-hydrogen) atoms. The molecule has 0 spiro atoms. The highest BCUT2D eigenvalue weighted by atomic mass is 16.5. The Hall–Kier alpha value is -3.71. The molecule has 0 aromatic heterocycles. The lowest BCUT2D eigenvalue weighted by Crippen LogP contribution is -2.50. The van der Waals surface area contributed by atoms with Gasteiger partial charge in [0.15, 0.2) is 0 Å². The van der Waals surface area contributed by atoms with Gasteiger partial charge in [-0.05, 0) is 67.9 Å². The van der Waals surface area contributed by atoms with E-state index in [-0.39, 0.29) is 6.03 Å². The van der Waals surface area contributed by atoms with Gasteiger partial charge in [-0.15, -0.1) is 0 Å². The smallest absolute Gasteiger partial charge is 0.321 e. The van der Waals surface area contributed by atoms with Crippen LogP contribution in [-0.2, 0) is 6.61 Å². The number of carbonyl (C=O) groups is 1. The van der Waals surface area contributed by atoms with Crippen molar-refractivity contribution >= 4 is 23.1 Å². The summed E-state index contributed by atoms with van der Waals surface area (Å²) in [5, 5.41) is 3.09. The monoisotopic (exact) mass is 513 g/mol. The molecule has 2 heterocycles. The molecule has 0 radical (unpaired) electrons. The van der Waals surface area contributed by atoms with Gasteiger partial charge in [0.2, 0.25) is 0 Å². The molecule has 0 aliphatic carbocycles. The molecule has 2 amide bonds. The molecular formula is C31H39N5O2. The highest BCUT2D eigenvalue weighted by molar-refractivity contribution is 5.89. The Balaban J connectivity index is 1.16. The van der Waals surface area contributed by atoms with Gasteiger partial charge in [0, 0.05) is 63.7 Å². The van der Waals surface area contributed by atoms with E-state index in [9.17, 15) is 4.79 Å². The van der Waals surface area contributed by atoms with Gasteiger partial charge in [-0.25, -0.2) is 4.79 Å². The van der Waals surface area contributed by atoms with Gasteiger partial charge in [-0.3, -0.25) is 0 Å². The Morgan fingerprint density at radius 1 is 0.789 bits per heavy atom. The number of rotatable bonds is 6. The number of nitrogens with zero attached hydrogens (tertiary/aromatic N) is 4. The molecule has 5 rings (SSSR count). The summed E-state index contributed by atoms with van der Waals surface area (Å²) in [4.78, 5) is 22.0. The van der Waals surface area contributed by atoms with Crippen LogP contribution in [0.25, 0.3) is 0 Å². The molecule has 2 saturated heterocycles. The van der Waals surface area contributed by atoms with Crippen LogP contribution in [0.4, 0.5) is 21.9 Å². The third-order valence-electron chi connectivity index (χ3n) is 7.77. The number of anilines is 3. The van der Waals surface area contributed by atoms with Gasteiger partial charge in [0.25, 0.3) is 0 Å². The Bertz CT molecular complexity index is 1250. The quantitative estimate of drug-likeness (QED) is 0.503. The Morgan fingerprint density at radius 3 is 2.24 bits per heavy atom. The number of hydrogen-bond acceptors (Lipinski definition) is 5. The van der Waals surface area contributed by atoms with E-state index in [0.29, 0.717) is 19.7 Å². The topological polar surface area (TPSA) is 51.3 Å². The van der Waals surface area contributed by atoms with E-state index in [1.165, 1.54) is 16.8 Å². The number of aryl methyl sites for hydroxylation is 1. The second-order valence-electron chi connectivity index (χ2n) is 10.4. The summed E-state index contributed by atoms with van der Waals surface area (Å²) in [7, 11) is 2.16. The minimum Gasteiger partial charge on any atom is -0.487 e. The number of para-hydroxylation sites is 2. The first kappa shape index (κ1) is 25.9. The van der Waals surface area contributed by atoms with Gasteiger partial charge >= 0.3 is 6.03 Å². The predicted molar refractivity (Wildman–Crippen MR) is 156 cm³/mol. The molecule has 200 valence electrons. The molecule has 0 bridgehead atoms. The van der Waals surface area contributed by atoms with Crippen molar-refractivity contribution in [3.63, 3.8) is 0 Å². The maximum Gasteiger partial charge on any atom is 0.321 e. The zero-order chi connectivity index (χ0) is 26.5. The molecule has 7 nitrogen and oxygen atoms in total. The van der Waals surface area contributed by atoms with Crippen LogP contribution in [0.1, 0.15) is 16.7 Å². The third-order valence-corrected chi connectivity index (χ3v) is 7.77. The SMILES string of the molecule is Cc1cccc(N2CCN(C(=O)Nc3cccc(COc4ccccc4N4CCN(C)CC4)c3)CC2)c1C. The number of hydrogen-bond donors (Lipinski definition) is 1. The average molecular weight is 514 g/mol. The normalized spacial score (nSPS) is 16.4. The van der Waals surface area contributed by atoms with Crippen LogP contribution in [0, 0.1) is 13.8 Å². The minimum atomic E-state index is -0.0518. The van der Waals surface area contributed by atoms with E-state index in [1.54, 1.807) is 0 Å². The van der Waals surface area contributed by atoms with E-state index in [2.05, 4.69) is 71.2 Å². The maximum absolute atomic E-state index is 13.0. The standard InChI is InChI=1S/C31H39N5O2/c1-24-8-6-12-28(25(24)2)34-18-20-36(21-19-34)31(37)32-27-10-7-9-26(22-27)23-38-30-13-5-4-11-29(30)35-16-14-33(3)15-17-35/h4-13,22H,14-21,23H2,1-3H3,(H,32,37). The first-order valence-corrected chi connectivity index (χ1v) is 13.6. The maximum atomic E-state index is 13.0. The number of urea groups is 1. The van der Waals surface area contributed by atoms with E-state index >= 15 is 0 Å². The van der Waals surface area contributed by atoms with Crippen LogP contribution in [0.2, 0.25) is 0 Å². The van der Waals surface area contributed by atoms with Gasteiger partial charge < -0.3 is 29.7 Å². The fourth-order valence-corrected chi connectivity index (χ4v) is 5.22. The number of carbonyl (C=O) groups excluding carboxylic acids is 1. The molecule has 0 atom stereocenters. The number of ether oxygens (including phenoxy) is 1. The van der Waals surface area contributed by atoms with E-state index < -0.39 is 0 Å². The van der Waals surface area contributed by atoms with E-state index in [4.69, 9.17) is 4.74 Å². The summed E-state index contributed by atoms with van der Waals surface area (Å²) in [5.41, 5.74) is 6.85. The number of likely N-dealkylation sites (N-methyl/N-ethyl adjacent to an activating group) is 1. The number of piperazine rings is 2. The molecule has 1 N–H and O–H groups in total. The Labute approximate surface area is 226 Å². The second kappa shape index (κ2) is 11.8. The molecule has 3 aromatic rings. The van der Waals surface area contributed by atoms with E-state index in [0.717, 1.165) is 62.0 Å². The lowest BCUT2D eigenvalue weighted by Gasteiger charge is -2.37. The lowest BCUT2D eigenvalue weighted by molar-refractivity contribution is 0.208. The highest BCUT2D eigenvalue weighted by Crippen LogP contribution is 2.30. The second-order valence-corrected chi connectivity index (χ2v) is 10.4. The van der Waals surface area contributed by atoms with Crippen LogP contribution in [-0.4, -0.2) is 75.2 Å². The fourth-order valence-electron chi connectivity index (χ4n) is 5.22. The molecule has 2 aliphatic heterocycles. The molecule has 0 unspecified atom stereocenters. The Morgan fingerprint density at radius 2 is 1.45 bits per heavy atom. The summed E-state index contributed by atoms with van der Waals surface area (Å²) < 4.78 is 6.27. The van der Waals surface area contributed by atoms with Gasteiger partial charge in [0.05, 0.1) is 5.69 Å². The van der Waals surface area contributed by atoms with Crippen LogP contribution in [0.5, 0.6) is 5.75 Å². The molecule has 3 aromatic carbocycles. The number of benzene rings is 3. The van der Waals surface area contributed by atoms with Crippen molar-refractivity contribution in [1.29, 1.82) is 0 Å². The molecular weight excluding hydrogens is 474 g/mol. The number of amides is 2. The van der Waals surface area contributed by atoms with Crippen LogP contribution in [0.3, 0.4) is 0 Å². The van der Waals surface area contributed by atoms with Crippen molar-refractivity contribution in [2.75, 3.05) is 74.5 Å². The molecule has 7 heteroatoms. The zero-order valence-corrected chi connectivity index (χ0v) is 22.8. The predicted octanol–water partition coefficient (Wildman–Crippen LogP) is 4.99. The van der Waals surface area contributed by atoms with Crippen molar-refractivity contribution in [3.8, 4) is 5.75 Å². The van der Waals surface area contributed by atoms with E-state index in [1.807, 2.05) is 41.3 Å². The average Bonchev–Trinajstić information content (AvgIpc) is 2.94. The minimum absolute atomic E-state index is 0.0518. The van der Waals surface area contributed by atoms with Crippen LogP contribution < -0.4 is 19.9 Å². The van der Waals surface area contributed by atoms with Gasteiger partial charge in [0.1, 0.15) is 12.4 Å². The summed E-state index contributed by atoms with van der Waals surface area (Å²) in [6.45, 7) is 11.9.